The topological polar surface area (TPSA) is 42.2 Å². The van der Waals surface area contributed by atoms with Crippen molar-refractivity contribution in [2.24, 2.45) is 7.05 Å². The zero-order chi connectivity index (χ0) is 12.6. The number of rotatable bonds is 2. The molecule has 0 unspecified atom stereocenters. The fourth-order valence-electron chi connectivity index (χ4n) is 2.00. The minimum absolute atomic E-state index is 0.365. The maximum absolute atomic E-state index is 11.1. The quantitative estimate of drug-likeness (QED) is 0.860. The Balaban J connectivity index is 2.61. The van der Waals surface area contributed by atoms with Gasteiger partial charge in [0.2, 0.25) is 0 Å². The van der Waals surface area contributed by atoms with Crippen molar-refractivity contribution in [3.63, 3.8) is 0 Å². The molecule has 0 fully saturated rings. The highest BCUT2D eigenvalue weighted by molar-refractivity contribution is 5.91. The third-order valence-corrected chi connectivity index (χ3v) is 3.08. The van der Waals surface area contributed by atoms with E-state index in [0.29, 0.717) is 5.56 Å². The molecule has 0 amide bonds. The third kappa shape index (κ3) is 1.96. The van der Waals surface area contributed by atoms with Crippen LogP contribution in [0.2, 0.25) is 0 Å². The van der Waals surface area contributed by atoms with E-state index in [1.165, 1.54) is 5.56 Å². The number of aromatic nitrogens is 1. The lowest BCUT2D eigenvalue weighted by atomic mass is 10.1. The molecule has 2 rings (SSSR count). The molecule has 0 aliphatic rings. The molecule has 0 aliphatic heterocycles. The fraction of sp³-hybridized carbons (Fsp3) is 0.214. The van der Waals surface area contributed by atoms with E-state index in [0.717, 1.165) is 17.0 Å². The van der Waals surface area contributed by atoms with Gasteiger partial charge in [-0.2, -0.15) is 0 Å². The second-order valence-corrected chi connectivity index (χ2v) is 4.26. The Morgan fingerprint density at radius 3 is 2.47 bits per heavy atom. The summed E-state index contributed by atoms with van der Waals surface area (Å²) in [5.74, 6) is -0.878. The largest absolute Gasteiger partial charge is 0.478 e. The lowest BCUT2D eigenvalue weighted by Gasteiger charge is -2.05. The van der Waals surface area contributed by atoms with Crippen LogP contribution in [0, 0.1) is 13.8 Å². The van der Waals surface area contributed by atoms with Crippen molar-refractivity contribution in [1.82, 2.24) is 4.57 Å². The predicted molar refractivity (Wildman–Crippen MR) is 67.3 cm³/mol. The average Bonchev–Trinajstić information content (AvgIpc) is 2.56. The molecule has 0 bridgehead atoms. The highest BCUT2D eigenvalue weighted by atomic mass is 16.4. The lowest BCUT2D eigenvalue weighted by molar-refractivity contribution is 0.0696. The number of hydrogen-bond acceptors (Lipinski definition) is 1. The van der Waals surface area contributed by atoms with Crippen LogP contribution >= 0.6 is 0 Å². The molecule has 17 heavy (non-hydrogen) atoms. The minimum Gasteiger partial charge on any atom is -0.478 e. The summed E-state index contributed by atoms with van der Waals surface area (Å²) in [5, 5.41) is 9.09. The van der Waals surface area contributed by atoms with Crippen molar-refractivity contribution in [2.75, 3.05) is 0 Å². The van der Waals surface area contributed by atoms with E-state index in [1.807, 2.05) is 43.7 Å². The molecular weight excluding hydrogens is 214 g/mol. The first-order chi connectivity index (χ1) is 8.00. The summed E-state index contributed by atoms with van der Waals surface area (Å²) in [5.41, 5.74) is 4.28. The van der Waals surface area contributed by atoms with Gasteiger partial charge in [-0.1, -0.05) is 23.8 Å². The van der Waals surface area contributed by atoms with Crippen molar-refractivity contribution in [3.8, 4) is 11.3 Å². The first-order valence-corrected chi connectivity index (χ1v) is 5.47. The first-order valence-electron chi connectivity index (χ1n) is 5.47. The molecule has 0 aliphatic carbocycles. The highest BCUT2D eigenvalue weighted by Gasteiger charge is 2.15. The molecule has 88 valence electrons. The van der Waals surface area contributed by atoms with Crippen molar-refractivity contribution < 1.29 is 9.90 Å². The molecule has 1 aromatic heterocycles. The van der Waals surface area contributed by atoms with Crippen LogP contribution in [-0.2, 0) is 7.05 Å². The van der Waals surface area contributed by atoms with Crippen LogP contribution in [0.1, 0.15) is 21.6 Å². The molecule has 1 aromatic carbocycles. The molecule has 1 heterocycles. The second-order valence-electron chi connectivity index (χ2n) is 4.26. The molecule has 0 saturated carbocycles. The molecule has 2 aromatic rings. The number of aryl methyl sites for hydroxylation is 1. The Kier molecular flexibility index (Phi) is 2.76. The molecule has 3 heteroatoms. The molecule has 0 spiro atoms. The van der Waals surface area contributed by atoms with E-state index >= 15 is 0 Å². The number of nitrogens with zero attached hydrogens (tertiary/aromatic N) is 1. The van der Waals surface area contributed by atoms with Crippen LogP contribution in [0.3, 0.4) is 0 Å². The van der Waals surface area contributed by atoms with Crippen molar-refractivity contribution in [1.29, 1.82) is 0 Å². The number of benzene rings is 1. The normalized spacial score (nSPS) is 10.5. The van der Waals surface area contributed by atoms with Crippen LogP contribution < -0.4 is 0 Å². The molecule has 0 saturated heterocycles. The summed E-state index contributed by atoms with van der Waals surface area (Å²) in [4.78, 5) is 11.1. The van der Waals surface area contributed by atoms with Gasteiger partial charge in [-0.3, -0.25) is 0 Å². The van der Waals surface area contributed by atoms with Gasteiger partial charge >= 0.3 is 5.97 Å². The zero-order valence-electron chi connectivity index (χ0n) is 10.2. The Labute approximate surface area is 100 Å². The van der Waals surface area contributed by atoms with Gasteiger partial charge in [0, 0.05) is 18.4 Å². The monoisotopic (exact) mass is 229 g/mol. The van der Waals surface area contributed by atoms with E-state index in [2.05, 4.69) is 6.07 Å². The van der Waals surface area contributed by atoms with E-state index < -0.39 is 5.97 Å². The number of hydrogen-bond donors (Lipinski definition) is 1. The van der Waals surface area contributed by atoms with E-state index in [9.17, 15) is 4.79 Å². The maximum atomic E-state index is 11.1. The molecule has 0 radical (unpaired) electrons. The van der Waals surface area contributed by atoms with Crippen molar-refractivity contribution >= 4 is 5.97 Å². The van der Waals surface area contributed by atoms with Crippen LogP contribution in [0.4, 0.5) is 0 Å². The number of aromatic carboxylic acids is 1. The maximum Gasteiger partial charge on any atom is 0.337 e. The molecule has 0 atom stereocenters. The summed E-state index contributed by atoms with van der Waals surface area (Å²) in [6.07, 6.45) is 0. The standard InChI is InChI=1S/C14H15NO2/c1-9-5-4-6-11(7-9)13-8-12(14(16)17)10(2)15(13)3/h4-8H,1-3H3,(H,16,17). The number of carboxylic acid groups (broad SMARTS) is 1. The van der Waals surface area contributed by atoms with E-state index in [4.69, 9.17) is 5.11 Å². The van der Waals surface area contributed by atoms with Gasteiger partial charge in [-0.25, -0.2) is 4.79 Å². The van der Waals surface area contributed by atoms with Gasteiger partial charge in [-0.15, -0.1) is 0 Å². The van der Waals surface area contributed by atoms with Crippen LogP contribution in [-0.4, -0.2) is 15.6 Å². The summed E-state index contributed by atoms with van der Waals surface area (Å²) in [7, 11) is 1.89. The summed E-state index contributed by atoms with van der Waals surface area (Å²) in [6.45, 7) is 3.85. The zero-order valence-corrected chi connectivity index (χ0v) is 10.2. The van der Waals surface area contributed by atoms with Gasteiger partial charge in [0.15, 0.2) is 0 Å². The molecule has 3 nitrogen and oxygen atoms in total. The molecule has 1 N–H and O–H groups in total. The van der Waals surface area contributed by atoms with E-state index in [-0.39, 0.29) is 0 Å². The predicted octanol–water partition coefficient (Wildman–Crippen LogP) is 3.01. The van der Waals surface area contributed by atoms with Gasteiger partial charge in [0.1, 0.15) is 0 Å². The van der Waals surface area contributed by atoms with Gasteiger partial charge < -0.3 is 9.67 Å². The smallest absolute Gasteiger partial charge is 0.337 e. The SMILES string of the molecule is Cc1cccc(-c2cc(C(=O)O)c(C)n2C)c1. The number of carboxylic acids is 1. The summed E-state index contributed by atoms with van der Waals surface area (Å²) >= 11 is 0. The fourth-order valence-corrected chi connectivity index (χ4v) is 2.00. The van der Waals surface area contributed by atoms with Crippen molar-refractivity contribution in [3.05, 3.63) is 47.2 Å². The third-order valence-electron chi connectivity index (χ3n) is 3.08. The number of carbonyl (C=O) groups is 1. The van der Waals surface area contributed by atoms with Crippen LogP contribution in [0.15, 0.2) is 30.3 Å². The van der Waals surface area contributed by atoms with Gasteiger partial charge in [-0.05, 0) is 31.5 Å². The van der Waals surface area contributed by atoms with Gasteiger partial charge in [0.25, 0.3) is 0 Å². The van der Waals surface area contributed by atoms with Crippen LogP contribution in [0.25, 0.3) is 11.3 Å². The highest BCUT2D eigenvalue weighted by Crippen LogP contribution is 2.25. The first kappa shape index (κ1) is 11.5. The average molecular weight is 229 g/mol. The second kappa shape index (κ2) is 4.09. The van der Waals surface area contributed by atoms with Crippen LogP contribution in [0.5, 0.6) is 0 Å². The van der Waals surface area contributed by atoms with E-state index in [1.54, 1.807) is 6.07 Å². The summed E-state index contributed by atoms with van der Waals surface area (Å²) in [6, 6.07) is 9.78. The Morgan fingerprint density at radius 1 is 1.24 bits per heavy atom. The lowest BCUT2D eigenvalue weighted by Crippen LogP contribution is -1.99. The summed E-state index contributed by atoms with van der Waals surface area (Å²) < 4.78 is 1.91. The minimum atomic E-state index is -0.878. The molecular formula is C14H15NO2. The van der Waals surface area contributed by atoms with Gasteiger partial charge in [0.05, 0.1) is 5.56 Å². The Hall–Kier alpha value is -2.03. The Bertz CT molecular complexity index is 582. The Morgan fingerprint density at radius 2 is 1.94 bits per heavy atom. The van der Waals surface area contributed by atoms with Crippen molar-refractivity contribution in [2.45, 2.75) is 13.8 Å².